The minimum atomic E-state index is -0.346. The fourth-order valence-corrected chi connectivity index (χ4v) is 4.25. The number of hydrogen-bond acceptors (Lipinski definition) is 6. The number of piperazine rings is 1. The van der Waals surface area contributed by atoms with Gasteiger partial charge < -0.3 is 10.2 Å². The molecule has 2 fully saturated rings. The predicted octanol–water partition coefficient (Wildman–Crippen LogP) is 3.42. The molecular formula is C24H26N6O3. The third-order valence-corrected chi connectivity index (χ3v) is 6.15. The number of amides is 1. The summed E-state index contributed by atoms with van der Waals surface area (Å²) in [6.45, 7) is 2.84. The smallest absolute Gasteiger partial charge is 0.292 e. The van der Waals surface area contributed by atoms with Crippen molar-refractivity contribution in [3.05, 3.63) is 76.5 Å². The predicted molar refractivity (Wildman–Crippen MR) is 126 cm³/mol. The van der Waals surface area contributed by atoms with Crippen molar-refractivity contribution < 1.29 is 9.72 Å². The molecule has 2 aromatic carbocycles. The summed E-state index contributed by atoms with van der Waals surface area (Å²) in [6.07, 6.45) is 2.28. The van der Waals surface area contributed by atoms with Gasteiger partial charge in [0.05, 0.1) is 22.8 Å². The van der Waals surface area contributed by atoms with E-state index in [4.69, 9.17) is 5.10 Å². The summed E-state index contributed by atoms with van der Waals surface area (Å²) in [4.78, 5) is 27.9. The first-order chi connectivity index (χ1) is 16.1. The number of nitrogens with zero attached hydrogens (tertiary/aromatic N) is 5. The molecule has 5 rings (SSSR count). The second kappa shape index (κ2) is 9.03. The molecule has 1 aliphatic carbocycles. The number of rotatable bonds is 7. The van der Waals surface area contributed by atoms with Crippen LogP contribution < -0.4 is 10.2 Å². The monoisotopic (exact) mass is 446 g/mol. The Morgan fingerprint density at radius 2 is 1.73 bits per heavy atom. The molecule has 1 amide bonds. The summed E-state index contributed by atoms with van der Waals surface area (Å²) < 4.78 is 1.80. The standard InChI is InChI=1S/C24H26N6O3/c31-24(17-27-12-14-28(15-13-27)21-8-4-5-9-22(21)30(32)33)25-23-16-20(18-10-11-18)26-29(23)19-6-2-1-3-7-19/h1-9,16,18H,10-15,17H2,(H,25,31). The molecule has 1 aliphatic heterocycles. The van der Waals surface area contributed by atoms with Gasteiger partial charge in [0.2, 0.25) is 5.91 Å². The van der Waals surface area contributed by atoms with Crippen LogP contribution in [0.3, 0.4) is 0 Å². The van der Waals surface area contributed by atoms with Gasteiger partial charge in [0, 0.05) is 44.2 Å². The lowest BCUT2D eigenvalue weighted by Gasteiger charge is -2.35. The Hall–Kier alpha value is -3.72. The number of aromatic nitrogens is 2. The molecule has 0 spiro atoms. The topological polar surface area (TPSA) is 96.5 Å². The lowest BCUT2D eigenvalue weighted by atomic mass is 10.2. The van der Waals surface area contributed by atoms with Crippen molar-refractivity contribution in [2.45, 2.75) is 18.8 Å². The summed E-state index contributed by atoms with van der Waals surface area (Å²) in [5.74, 6) is 1.08. The van der Waals surface area contributed by atoms with Crippen molar-refractivity contribution >= 4 is 23.1 Å². The Bertz CT molecular complexity index is 1150. The molecular weight excluding hydrogens is 420 g/mol. The molecule has 0 atom stereocenters. The van der Waals surface area contributed by atoms with Gasteiger partial charge in [0.1, 0.15) is 11.5 Å². The Kier molecular flexibility index (Phi) is 5.78. The minimum absolute atomic E-state index is 0.0893. The molecule has 1 saturated carbocycles. The first-order valence-electron chi connectivity index (χ1n) is 11.2. The molecule has 1 saturated heterocycles. The van der Waals surface area contributed by atoms with Crippen molar-refractivity contribution in [3.8, 4) is 5.69 Å². The first kappa shape index (κ1) is 21.1. The average Bonchev–Trinajstić information content (AvgIpc) is 3.60. The van der Waals surface area contributed by atoms with E-state index >= 15 is 0 Å². The van der Waals surface area contributed by atoms with Crippen molar-refractivity contribution in [1.82, 2.24) is 14.7 Å². The van der Waals surface area contributed by atoms with Gasteiger partial charge in [-0.15, -0.1) is 0 Å². The van der Waals surface area contributed by atoms with Crippen LogP contribution in [0.15, 0.2) is 60.7 Å². The molecule has 170 valence electrons. The summed E-state index contributed by atoms with van der Waals surface area (Å²) in [5, 5.41) is 19.1. The van der Waals surface area contributed by atoms with Crippen LogP contribution in [0.25, 0.3) is 5.69 Å². The van der Waals surface area contributed by atoms with Crippen molar-refractivity contribution in [2.24, 2.45) is 0 Å². The molecule has 0 unspecified atom stereocenters. The normalized spacial score (nSPS) is 16.5. The van der Waals surface area contributed by atoms with Gasteiger partial charge in [-0.1, -0.05) is 30.3 Å². The van der Waals surface area contributed by atoms with Crippen LogP contribution in [0, 0.1) is 10.1 Å². The first-order valence-corrected chi connectivity index (χ1v) is 11.2. The van der Waals surface area contributed by atoms with E-state index in [1.165, 1.54) is 6.07 Å². The van der Waals surface area contributed by atoms with Crippen molar-refractivity contribution in [1.29, 1.82) is 0 Å². The quantitative estimate of drug-likeness (QED) is 0.441. The van der Waals surface area contributed by atoms with Gasteiger partial charge in [-0.25, -0.2) is 4.68 Å². The highest BCUT2D eigenvalue weighted by Gasteiger charge is 2.28. The largest absolute Gasteiger partial charge is 0.363 e. The fraction of sp³-hybridized carbons (Fsp3) is 0.333. The summed E-state index contributed by atoms with van der Waals surface area (Å²) in [5.41, 5.74) is 2.68. The van der Waals surface area contributed by atoms with Gasteiger partial charge in [-0.3, -0.25) is 19.8 Å². The van der Waals surface area contributed by atoms with Gasteiger partial charge in [-0.05, 0) is 31.0 Å². The number of nitrogens with one attached hydrogen (secondary N) is 1. The van der Waals surface area contributed by atoms with Crippen molar-refractivity contribution in [2.75, 3.05) is 42.9 Å². The molecule has 9 nitrogen and oxygen atoms in total. The van der Waals surface area contributed by atoms with Crippen LogP contribution in [0.5, 0.6) is 0 Å². The molecule has 2 aliphatic rings. The van der Waals surface area contributed by atoms with Crippen LogP contribution in [-0.4, -0.2) is 58.2 Å². The number of benzene rings is 2. The molecule has 1 aromatic heterocycles. The number of hydrogen-bond donors (Lipinski definition) is 1. The Balaban J connectivity index is 1.22. The lowest BCUT2D eigenvalue weighted by Crippen LogP contribution is -2.48. The Morgan fingerprint density at radius 1 is 1.03 bits per heavy atom. The van der Waals surface area contributed by atoms with Crippen LogP contribution >= 0.6 is 0 Å². The highest BCUT2D eigenvalue weighted by molar-refractivity contribution is 5.91. The average molecular weight is 447 g/mol. The van der Waals surface area contributed by atoms with Crippen LogP contribution in [0.2, 0.25) is 0 Å². The second-order valence-electron chi connectivity index (χ2n) is 8.53. The summed E-state index contributed by atoms with van der Waals surface area (Å²) >= 11 is 0. The maximum Gasteiger partial charge on any atom is 0.292 e. The van der Waals surface area contributed by atoms with Crippen LogP contribution in [-0.2, 0) is 4.79 Å². The maximum atomic E-state index is 12.9. The van der Waals surface area contributed by atoms with Gasteiger partial charge in [0.15, 0.2) is 0 Å². The third kappa shape index (κ3) is 4.73. The van der Waals surface area contributed by atoms with Crippen LogP contribution in [0.4, 0.5) is 17.2 Å². The van der Waals surface area contributed by atoms with Crippen molar-refractivity contribution in [3.63, 3.8) is 0 Å². The minimum Gasteiger partial charge on any atom is -0.363 e. The zero-order valence-corrected chi connectivity index (χ0v) is 18.3. The SMILES string of the molecule is O=C(CN1CCN(c2ccccc2[N+](=O)[O-])CC1)Nc1cc(C2CC2)nn1-c1ccccc1. The van der Waals surface area contributed by atoms with E-state index in [0.29, 0.717) is 43.6 Å². The molecule has 2 heterocycles. The maximum absolute atomic E-state index is 12.9. The Labute approximate surface area is 191 Å². The molecule has 1 N–H and O–H groups in total. The molecule has 0 radical (unpaired) electrons. The number of nitro groups is 1. The van der Waals surface area contributed by atoms with E-state index < -0.39 is 0 Å². The van der Waals surface area contributed by atoms with Gasteiger partial charge >= 0.3 is 0 Å². The van der Waals surface area contributed by atoms with E-state index in [0.717, 1.165) is 24.2 Å². The van der Waals surface area contributed by atoms with E-state index in [2.05, 4.69) is 10.2 Å². The lowest BCUT2D eigenvalue weighted by molar-refractivity contribution is -0.384. The zero-order chi connectivity index (χ0) is 22.8. The number of carbonyl (C=O) groups excluding carboxylic acids is 1. The number of anilines is 2. The zero-order valence-electron chi connectivity index (χ0n) is 18.3. The number of nitro benzene ring substituents is 1. The van der Waals surface area contributed by atoms with Crippen LogP contribution in [0.1, 0.15) is 24.5 Å². The highest BCUT2D eigenvalue weighted by atomic mass is 16.6. The summed E-state index contributed by atoms with van der Waals surface area (Å²) in [7, 11) is 0. The van der Waals surface area contributed by atoms with E-state index in [-0.39, 0.29) is 23.1 Å². The third-order valence-electron chi connectivity index (χ3n) is 6.15. The Morgan fingerprint density at radius 3 is 2.42 bits per heavy atom. The molecule has 3 aromatic rings. The highest BCUT2D eigenvalue weighted by Crippen LogP contribution is 2.40. The molecule has 33 heavy (non-hydrogen) atoms. The van der Waals surface area contributed by atoms with Gasteiger partial charge in [0.25, 0.3) is 5.69 Å². The fourth-order valence-electron chi connectivity index (χ4n) is 4.25. The van der Waals surface area contributed by atoms with E-state index in [1.54, 1.807) is 16.8 Å². The number of carbonyl (C=O) groups is 1. The second-order valence-corrected chi connectivity index (χ2v) is 8.53. The number of para-hydroxylation sites is 3. The van der Waals surface area contributed by atoms with E-state index in [1.807, 2.05) is 47.4 Å². The summed E-state index contributed by atoms with van der Waals surface area (Å²) in [6, 6.07) is 18.6. The molecule has 0 bridgehead atoms. The van der Waals surface area contributed by atoms with Gasteiger partial charge in [-0.2, -0.15) is 5.10 Å². The van der Waals surface area contributed by atoms with E-state index in [9.17, 15) is 14.9 Å². The molecule has 9 heteroatoms.